The minimum absolute atomic E-state index is 0.00563. The van der Waals surface area contributed by atoms with Crippen molar-refractivity contribution in [3.05, 3.63) is 41.5 Å². The van der Waals surface area contributed by atoms with Gasteiger partial charge in [-0.3, -0.25) is 4.90 Å². The van der Waals surface area contributed by atoms with E-state index in [1.54, 1.807) is 0 Å². The lowest BCUT2D eigenvalue weighted by molar-refractivity contribution is -0.143. The Bertz CT molecular complexity index is 2160. The summed E-state index contributed by atoms with van der Waals surface area (Å²) in [5.74, 6) is 0.749. The maximum absolute atomic E-state index is 17.2. The molecule has 13 heteroatoms. The predicted octanol–water partition coefficient (Wildman–Crippen LogP) is 5.96. The number of fused-ring (bicyclic) bond motifs is 4. The van der Waals surface area contributed by atoms with Crippen LogP contribution in [0, 0.1) is 29.4 Å². The Hall–Kier alpha value is -4.35. The van der Waals surface area contributed by atoms with Gasteiger partial charge in [-0.05, 0) is 76.1 Å². The van der Waals surface area contributed by atoms with E-state index in [0.717, 1.165) is 51.6 Å². The van der Waals surface area contributed by atoms with Gasteiger partial charge < -0.3 is 33.7 Å². The lowest BCUT2D eigenvalue weighted by Gasteiger charge is -2.46. The van der Waals surface area contributed by atoms with E-state index >= 15 is 8.78 Å². The van der Waals surface area contributed by atoms with Crippen LogP contribution in [-0.2, 0) is 14.2 Å². The summed E-state index contributed by atoms with van der Waals surface area (Å²) in [5.41, 5.74) is -0.338. The zero-order chi connectivity index (χ0) is 36.6. The number of morpholine rings is 1. The van der Waals surface area contributed by atoms with Crippen LogP contribution in [0.3, 0.4) is 0 Å². The largest absolute Gasteiger partial charge is 0.508 e. The Labute approximate surface area is 306 Å². The number of rotatable bonds is 8. The molecule has 0 spiro atoms. The number of phenolic OH excluding ortho intramolecular Hbond substituents is 1. The summed E-state index contributed by atoms with van der Waals surface area (Å²) in [6.45, 7) is 7.65. The third kappa shape index (κ3) is 5.91. The van der Waals surface area contributed by atoms with Crippen molar-refractivity contribution in [3.8, 4) is 41.2 Å². The van der Waals surface area contributed by atoms with Gasteiger partial charge in [0.25, 0.3) is 0 Å². The molecule has 4 aromatic rings. The van der Waals surface area contributed by atoms with Crippen molar-refractivity contribution in [1.29, 1.82) is 0 Å². The van der Waals surface area contributed by atoms with E-state index in [4.69, 9.17) is 40.1 Å². The number of terminal acetylenes is 1. The number of aromatic nitrogens is 3. The molecule has 2 aliphatic carbocycles. The first-order valence-corrected chi connectivity index (χ1v) is 18.5. The monoisotopic (exact) mass is 727 g/mol. The first kappa shape index (κ1) is 34.4. The molecule has 5 fully saturated rings. The highest BCUT2D eigenvalue weighted by Gasteiger charge is 2.50. The van der Waals surface area contributed by atoms with Crippen LogP contribution < -0.4 is 14.4 Å². The number of benzene rings is 2. The van der Waals surface area contributed by atoms with Crippen molar-refractivity contribution < 1.29 is 37.6 Å². The molecule has 0 bridgehead atoms. The number of aromatic hydroxyl groups is 1. The van der Waals surface area contributed by atoms with Gasteiger partial charge in [0.1, 0.15) is 34.0 Å². The molecule has 278 valence electrons. The maximum atomic E-state index is 17.2. The quantitative estimate of drug-likeness (QED) is 0.217. The van der Waals surface area contributed by atoms with Crippen molar-refractivity contribution in [2.75, 3.05) is 51.5 Å². The van der Waals surface area contributed by atoms with E-state index in [0.29, 0.717) is 49.0 Å². The highest BCUT2D eigenvalue weighted by atomic mass is 19.1. The van der Waals surface area contributed by atoms with E-state index in [2.05, 4.69) is 20.7 Å². The molecule has 11 nitrogen and oxygen atoms in total. The maximum Gasteiger partial charge on any atom is 0.319 e. The average molecular weight is 728 g/mol. The number of likely N-dealkylation sites (tertiary alicyclic amines) is 1. The molecule has 9 rings (SSSR count). The second-order valence-corrected chi connectivity index (χ2v) is 15.5. The van der Waals surface area contributed by atoms with Gasteiger partial charge in [0.05, 0.1) is 50.7 Å². The molecular formula is C40H43F2N5O6. The summed E-state index contributed by atoms with van der Waals surface area (Å²) in [5, 5.41) is 11.7. The molecule has 5 heterocycles. The number of methoxy groups -OCH3 is 1. The number of anilines is 1. The summed E-state index contributed by atoms with van der Waals surface area (Å²) < 4.78 is 62.7. The van der Waals surface area contributed by atoms with E-state index in [1.807, 2.05) is 13.8 Å². The summed E-state index contributed by atoms with van der Waals surface area (Å²) in [7, 11) is 1.45. The van der Waals surface area contributed by atoms with Gasteiger partial charge in [-0.2, -0.15) is 9.97 Å². The van der Waals surface area contributed by atoms with Crippen LogP contribution >= 0.6 is 0 Å². The fraction of sp³-hybridized carbons (Fsp3) is 0.525. The number of hydrogen-bond acceptors (Lipinski definition) is 11. The van der Waals surface area contributed by atoms with Gasteiger partial charge in [0, 0.05) is 35.5 Å². The SMILES string of the molecule is C#Cc1c(F)ccc2cc(O)cc(-c3nc(OC)c4c(N5CCOC6CC65)nc(OCC56CCCC5N(CC5COC(C)(C)O5)CCC6)nc4c3F)c12. The predicted molar refractivity (Wildman–Crippen MR) is 193 cm³/mol. The number of phenols is 1. The molecular weight excluding hydrogens is 684 g/mol. The second-order valence-electron chi connectivity index (χ2n) is 15.5. The van der Waals surface area contributed by atoms with Crippen LogP contribution in [0.5, 0.6) is 17.6 Å². The van der Waals surface area contributed by atoms with Gasteiger partial charge >= 0.3 is 6.01 Å². The minimum Gasteiger partial charge on any atom is -0.508 e. The zero-order valence-electron chi connectivity index (χ0n) is 30.2. The van der Waals surface area contributed by atoms with Crippen LogP contribution in [-0.4, -0.2) is 102 Å². The molecule has 2 aromatic carbocycles. The first-order chi connectivity index (χ1) is 25.6. The highest BCUT2D eigenvalue weighted by molar-refractivity contribution is 6.04. The molecule has 0 amide bonds. The standard InChI is InChI=1S/C40H43F2N5O6/c1-5-25-27(41)10-9-22-16-23(48)17-26(31(22)25)34-33(42)35-32(37(43-34)49-4)36(47-14-15-50-29-18-28(29)47)45-38(44-35)51-21-40-11-6-8-30(40)46(13-7-12-40)19-24-20-52-39(2,3)53-24/h1,9-10,16-17,24,28-30,48H,6-8,11-15,18-21H2,2-4H3. The number of ether oxygens (including phenoxy) is 5. The zero-order valence-corrected chi connectivity index (χ0v) is 30.2. The smallest absolute Gasteiger partial charge is 0.319 e. The molecule has 5 aliphatic rings. The van der Waals surface area contributed by atoms with E-state index in [-0.39, 0.29) is 69.0 Å². The molecule has 2 saturated carbocycles. The molecule has 3 aliphatic heterocycles. The Kier molecular flexibility index (Phi) is 8.38. The number of pyridine rings is 1. The van der Waals surface area contributed by atoms with Crippen molar-refractivity contribution in [2.24, 2.45) is 5.41 Å². The molecule has 3 saturated heterocycles. The average Bonchev–Trinajstić information content (AvgIpc) is 3.69. The van der Waals surface area contributed by atoms with Crippen LogP contribution in [0.4, 0.5) is 14.6 Å². The third-order valence-corrected chi connectivity index (χ3v) is 11.8. The third-order valence-electron chi connectivity index (χ3n) is 11.8. The summed E-state index contributed by atoms with van der Waals surface area (Å²) >= 11 is 0. The summed E-state index contributed by atoms with van der Waals surface area (Å²) in [6, 6.07) is 5.90. The van der Waals surface area contributed by atoms with Gasteiger partial charge in [-0.25, -0.2) is 13.8 Å². The van der Waals surface area contributed by atoms with Crippen molar-refractivity contribution in [1.82, 2.24) is 19.9 Å². The fourth-order valence-corrected chi connectivity index (χ4v) is 9.41. The lowest BCUT2D eigenvalue weighted by atomic mass is 9.75. The first-order valence-electron chi connectivity index (χ1n) is 18.5. The van der Waals surface area contributed by atoms with Gasteiger partial charge in [0.2, 0.25) is 5.88 Å². The molecule has 5 unspecified atom stereocenters. The summed E-state index contributed by atoms with van der Waals surface area (Å²) in [4.78, 5) is 19.0. The summed E-state index contributed by atoms with van der Waals surface area (Å²) in [6.07, 6.45) is 11.8. The van der Waals surface area contributed by atoms with Crippen LogP contribution in [0.2, 0.25) is 0 Å². The Morgan fingerprint density at radius 2 is 1.94 bits per heavy atom. The normalized spacial score (nSPS) is 27.8. The Morgan fingerprint density at radius 3 is 2.74 bits per heavy atom. The topological polar surface area (TPSA) is 112 Å². The van der Waals surface area contributed by atoms with Crippen molar-refractivity contribution in [3.63, 3.8) is 0 Å². The van der Waals surface area contributed by atoms with Gasteiger partial charge in [-0.1, -0.05) is 18.4 Å². The van der Waals surface area contributed by atoms with Crippen molar-refractivity contribution >= 4 is 27.5 Å². The minimum atomic E-state index is -0.795. The Morgan fingerprint density at radius 1 is 1.09 bits per heavy atom. The lowest BCUT2D eigenvalue weighted by Crippen LogP contribution is -2.54. The van der Waals surface area contributed by atoms with Crippen LogP contribution in [0.1, 0.15) is 57.9 Å². The number of hydrogen-bond donors (Lipinski definition) is 1. The Balaban J connectivity index is 1.13. The molecule has 2 aromatic heterocycles. The second kappa shape index (κ2) is 12.9. The number of halogens is 2. The van der Waals surface area contributed by atoms with Crippen molar-refractivity contribution in [2.45, 2.75) is 82.5 Å². The van der Waals surface area contributed by atoms with Gasteiger partial charge in [0.15, 0.2) is 11.6 Å². The van der Waals surface area contributed by atoms with Gasteiger partial charge in [-0.15, -0.1) is 6.42 Å². The molecule has 0 radical (unpaired) electrons. The van der Waals surface area contributed by atoms with E-state index in [1.165, 1.54) is 31.4 Å². The molecule has 1 N–H and O–H groups in total. The van der Waals surface area contributed by atoms with E-state index < -0.39 is 17.4 Å². The molecule has 53 heavy (non-hydrogen) atoms. The van der Waals surface area contributed by atoms with Crippen LogP contribution in [0.15, 0.2) is 24.3 Å². The van der Waals surface area contributed by atoms with Crippen LogP contribution in [0.25, 0.3) is 32.9 Å². The highest BCUT2D eigenvalue weighted by Crippen LogP contribution is 2.49. The van der Waals surface area contributed by atoms with E-state index in [9.17, 15) is 5.11 Å². The molecule has 5 atom stereocenters. The number of piperidine rings is 1. The number of nitrogens with zero attached hydrogens (tertiary/aromatic N) is 5. The fourth-order valence-electron chi connectivity index (χ4n) is 9.41.